The molecule has 2 aromatic carbocycles. The third-order valence-corrected chi connectivity index (χ3v) is 9.99. The number of nitrogens with one attached hydrogen (secondary N) is 2. The smallest absolute Gasteiger partial charge is 0.277 e. The number of aromatic nitrogens is 2. The molecule has 2 aliphatic heterocycles. The van der Waals surface area contributed by atoms with Crippen LogP contribution in [0, 0.1) is 0 Å². The number of rotatable bonds is 5. The molecule has 6 N–H and O–H groups in total. The van der Waals surface area contributed by atoms with Crippen LogP contribution in [0.25, 0.3) is 11.1 Å². The van der Waals surface area contributed by atoms with E-state index < -0.39 is 11.8 Å². The molecule has 12 heteroatoms. The first-order valence-electron chi connectivity index (χ1n) is 12.0. The molecular weight excluding hydrogens is 563 g/mol. The highest BCUT2D eigenvalue weighted by atomic mass is 35.5. The summed E-state index contributed by atoms with van der Waals surface area (Å²) >= 11 is 16.7. The average molecular weight is 586 g/mol. The third-order valence-electron chi connectivity index (χ3n) is 6.79. The van der Waals surface area contributed by atoms with E-state index in [1.807, 2.05) is 36.4 Å². The van der Waals surface area contributed by atoms with Crippen LogP contribution >= 0.6 is 45.9 Å². The fourth-order valence-electron chi connectivity index (χ4n) is 5.07. The highest BCUT2D eigenvalue weighted by molar-refractivity contribution is 7.14. The molecule has 0 bridgehead atoms. The summed E-state index contributed by atoms with van der Waals surface area (Å²) in [5, 5.41) is 8.75. The standard InChI is InChI=1S/C26H22Cl2N6O2S2/c27-17-11(3-1-5-13(17)19-21-15(7-9-31-19)33-25(37-21)23(29)35)12-4-2-6-14(18(12)28)20-22-16(8-10-32-20)34-26(38-22)24(30)36/h1-6,19-20,31-32H,7-10H2,(H2,29,35)(H2,30,36). The minimum atomic E-state index is -0.532. The van der Waals surface area contributed by atoms with Crippen molar-refractivity contribution in [1.29, 1.82) is 0 Å². The summed E-state index contributed by atoms with van der Waals surface area (Å²) < 4.78 is 0. The number of carbonyl (C=O) groups excluding carboxylic acids is 2. The number of benzene rings is 2. The Balaban J connectivity index is 1.41. The van der Waals surface area contributed by atoms with E-state index in [2.05, 4.69) is 20.6 Å². The lowest BCUT2D eigenvalue weighted by Crippen LogP contribution is -2.30. The van der Waals surface area contributed by atoms with Crippen LogP contribution in [0.2, 0.25) is 10.0 Å². The first-order chi connectivity index (χ1) is 18.3. The number of hydrogen-bond acceptors (Lipinski definition) is 8. The van der Waals surface area contributed by atoms with Crippen LogP contribution in [0.15, 0.2) is 36.4 Å². The number of fused-ring (bicyclic) bond motifs is 2. The highest BCUT2D eigenvalue weighted by Gasteiger charge is 2.31. The molecule has 4 heterocycles. The predicted molar refractivity (Wildman–Crippen MR) is 150 cm³/mol. The minimum absolute atomic E-state index is 0.217. The summed E-state index contributed by atoms with van der Waals surface area (Å²) in [6, 6.07) is 11.3. The zero-order valence-corrected chi connectivity index (χ0v) is 23.0. The number of primary amides is 2. The Labute approximate surface area is 236 Å². The Morgan fingerprint density at radius 2 is 1.18 bits per heavy atom. The molecule has 8 nitrogen and oxygen atoms in total. The van der Waals surface area contributed by atoms with Crippen LogP contribution in [0.4, 0.5) is 0 Å². The topological polar surface area (TPSA) is 136 Å². The molecule has 6 rings (SSSR count). The molecule has 38 heavy (non-hydrogen) atoms. The van der Waals surface area contributed by atoms with Gasteiger partial charge in [0, 0.05) is 37.1 Å². The molecule has 0 aliphatic carbocycles. The van der Waals surface area contributed by atoms with Gasteiger partial charge in [0.05, 0.1) is 43.3 Å². The van der Waals surface area contributed by atoms with Crippen molar-refractivity contribution in [3.63, 3.8) is 0 Å². The summed E-state index contributed by atoms with van der Waals surface area (Å²) in [4.78, 5) is 34.3. The number of carbonyl (C=O) groups is 2. The summed E-state index contributed by atoms with van der Waals surface area (Å²) in [7, 11) is 0. The maximum absolute atomic E-state index is 11.8. The molecule has 2 aliphatic rings. The van der Waals surface area contributed by atoms with Gasteiger partial charge in [0.25, 0.3) is 11.8 Å². The van der Waals surface area contributed by atoms with Gasteiger partial charge < -0.3 is 22.1 Å². The van der Waals surface area contributed by atoms with Gasteiger partial charge in [-0.3, -0.25) is 9.59 Å². The van der Waals surface area contributed by atoms with E-state index in [0.29, 0.717) is 46.0 Å². The first-order valence-corrected chi connectivity index (χ1v) is 14.3. The summed E-state index contributed by atoms with van der Waals surface area (Å²) in [6.07, 6.45) is 1.43. The van der Waals surface area contributed by atoms with Gasteiger partial charge in [-0.2, -0.15) is 0 Å². The van der Waals surface area contributed by atoms with Crippen LogP contribution in [-0.4, -0.2) is 34.9 Å². The molecular formula is C26H22Cl2N6O2S2. The summed E-state index contributed by atoms with van der Waals surface area (Å²) in [5.74, 6) is -1.06. The average Bonchev–Trinajstić information content (AvgIpc) is 3.54. The molecule has 2 amide bonds. The number of hydrogen-bond donors (Lipinski definition) is 4. The Bertz CT molecular complexity index is 1480. The van der Waals surface area contributed by atoms with Gasteiger partial charge in [0.15, 0.2) is 10.0 Å². The molecule has 0 fully saturated rings. The van der Waals surface area contributed by atoms with E-state index in [1.54, 1.807) is 0 Å². The van der Waals surface area contributed by atoms with E-state index in [-0.39, 0.29) is 12.1 Å². The second-order valence-corrected chi connectivity index (χ2v) is 11.9. The van der Waals surface area contributed by atoms with Gasteiger partial charge in [-0.1, -0.05) is 59.6 Å². The fraction of sp³-hybridized carbons (Fsp3) is 0.231. The second-order valence-electron chi connectivity index (χ2n) is 9.08. The Morgan fingerprint density at radius 3 is 1.58 bits per heavy atom. The molecule has 0 saturated heterocycles. The van der Waals surface area contributed by atoms with Crippen molar-refractivity contribution in [2.24, 2.45) is 11.5 Å². The molecule has 194 valence electrons. The van der Waals surface area contributed by atoms with E-state index in [4.69, 9.17) is 34.7 Å². The van der Waals surface area contributed by atoms with Gasteiger partial charge >= 0.3 is 0 Å². The number of nitrogens with two attached hydrogens (primary N) is 2. The zero-order chi connectivity index (χ0) is 26.6. The Kier molecular flexibility index (Phi) is 6.71. The number of amides is 2. The molecule has 0 saturated carbocycles. The molecule has 2 aromatic heterocycles. The van der Waals surface area contributed by atoms with Crippen molar-refractivity contribution in [2.75, 3.05) is 13.1 Å². The quantitative estimate of drug-likeness (QED) is 0.277. The third kappa shape index (κ3) is 4.31. The van der Waals surface area contributed by atoms with Crippen LogP contribution in [0.3, 0.4) is 0 Å². The van der Waals surface area contributed by atoms with Gasteiger partial charge in [-0.15, -0.1) is 22.7 Å². The summed E-state index contributed by atoms with van der Waals surface area (Å²) in [6.45, 7) is 1.41. The van der Waals surface area contributed by atoms with Crippen molar-refractivity contribution >= 4 is 57.7 Å². The number of nitrogens with zero attached hydrogens (tertiary/aromatic N) is 2. The lowest BCUT2D eigenvalue weighted by molar-refractivity contribution is 0.0991. The van der Waals surface area contributed by atoms with Crippen molar-refractivity contribution in [3.05, 3.63) is 88.7 Å². The monoisotopic (exact) mass is 584 g/mol. The van der Waals surface area contributed by atoms with Crippen LogP contribution in [-0.2, 0) is 12.8 Å². The lowest BCUT2D eigenvalue weighted by atomic mass is 9.93. The fourth-order valence-corrected chi connectivity index (χ4v) is 7.86. The molecule has 2 atom stereocenters. The Hall–Kier alpha value is -2.86. The van der Waals surface area contributed by atoms with Crippen molar-refractivity contribution in [1.82, 2.24) is 20.6 Å². The van der Waals surface area contributed by atoms with Crippen molar-refractivity contribution in [3.8, 4) is 11.1 Å². The molecule has 4 aromatic rings. The summed E-state index contributed by atoms with van der Waals surface area (Å²) in [5.41, 5.74) is 16.1. The van der Waals surface area contributed by atoms with Gasteiger partial charge in [0.2, 0.25) is 0 Å². The maximum Gasteiger partial charge on any atom is 0.277 e. The van der Waals surface area contributed by atoms with E-state index in [0.717, 1.165) is 43.4 Å². The van der Waals surface area contributed by atoms with Crippen LogP contribution < -0.4 is 22.1 Å². The second kappa shape index (κ2) is 10.0. The highest BCUT2D eigenvalue weighted by Crippen LogP contribution is 2.44. The molecule has 2 unspecified atom stereocenters. The zero-order valence-electron chi connectivity index (χ0n) is 19.9. The van der Waals surface area contributed by atoms with Gasteiger partial charge in [-0.05, 0) is 11.1 Å². The minimum Gasteiger partial charge on any atom is -0.364 e. The normalized spacial score (nSPS) is 18.6. The van der Waals surface area contributed by atoms with Gasteiger partial charge in [-0.25, -0.2) is 9.97 Å². The van der Waals surface area contributed by atoms with E-state index in [9.17, 15) is 9.59 Å². The number of thiazole rings is 2. The van der Waals surface area contributed by atoms with Crippen LogP contribution in [0.5, 0.6) is 0 Å². The Morgan fingerprint density at radius 1 is 0.763 bits per heavy atom. The predicted octanol–water partition coefficient (Wildman–Crippen LogP) is 4.24. The van der Waals surface area contributed by atoms with Gasteiger partial charge in [0.1, 0.15) is 0 Å². The first kappa shape index (κ1) is 25.4. The number of halogens is 2. The lowest BCUT2D eigenvalue weighted by Gasteiger charge is -2.26. The van der Waals surface area contributed by atoms with Crippen molar-refractivity contribution in [2.45, 2.75) is 24.9 Å². The van der Waals surface area contributed by atoms with Crippen LogP contribution in [0.1, 0.15) is 64.0 Å². The van der Waals surface area contributed by atoms with E-state index in [1.165, 1.54) is 22.7 Å². The largest absolute Gasteiger partial charge is 0.364 e. The maximum atomic E-state index is 11.8. The SMILES string of the molecule is NC(=O)c1nc2c(s1)C(c1cccc(-c3cccc(C4NCCc5nc(C(N)=O)sc54)c3Cl)c1Cl)NCC2. The molecule has 0 spiro atoms. The van der Waals surface area contributed by atoms with E-state index >= 15 is 0 Å². The van der Waals surface area contributed by atoms with Crippen molar-refractivity contribution < 1.29 is 9.59 Å². The molecule has 0 radical (unpaired) electrons.